The highest BCUT2D eigenvalue weighted by Gasteiger charge is 2.42. The summed E-state index contributed by atoms with van der Waals surface area (Å²) >= 11 is 0. The van der Waals surface area contributed by atoms with Gasteiger partial charge in [0.05, 0.1) is 44.3 Å². The lowest BCUT2D eigenvalue weighted by Gasteiger charge is -2.36. The number of H-pyrrole nitrogens is 2. The first-order valence-electron chi connectivity index (χ1n) is 22.0. The smallest absolute Gasteiger partial charge is 0.407 e. The van der Waals surface area contributed by atoms with E-state index in [1.165, 1.54) is 25.3 Å². The molecule has 5 heterocycles. The maximum absolute atomic E-state index is 14.1. The Morgan fingerprint density at radius 2 is 1.36 bits per heavy atom. The zero-order chi connectivity index (χ0) is 42.8. The number of nitrogens with one attached hydrogen (secondary N) is 4. The summed E-state index contributed by atoms with van der Waals surface area (Å²) in [5, 5.41) is 5.61. The van der Waals surface area contributed by atoms with Crippen molar-refractivity contribution in [3.05, 3.63) is 77.4 Å². The lowest BCUT2D eigenvalue weighted by atomic mass is 9.88. The fraction of sp³-hybridized carbons (Fsp3) is 0.511. The molecule has 61 heavy (non-hydrogen) atoms. The van der Waals surface area contributed by atoms with E-state index in [1.807, 2.05) is 36.8 Å². The number of benzene rings is 2. The Hall–Kier alpha value is -5.63. The Kier molecular flexibility index (Phi) is 12.5. The number of carbonyl (C=O) groups excluding carboxylic acids is 4. The third-order valence-electron chi connectivity index (χ3n) is 13.2. The number of fused-ring (bicyclic) bond motifs is 1. The minimum absolute atomic E-state index is 0.0124. The Morgan fingerprint density at radius 1 is 0.754 bits per heavy atom. The molecule has 6 atom stereocenters. The summed E-state index contributed by atoms with van der Waals surface area (Å²) in [6.45, 7) is 7.68. The second-order valence-corrected chi connectivity index (χ2v) is 17.4. The number of aromatic nitrogens is 3. The predicted molar refractivity (Wildman–Crippen MR) is 230 cm³/mol. The van der Waals surface area contributed by atoms with Crippen molar-refractivity contribution in [1.82, 2.24) is 35.4 Å². The number of hydrogen-bond donors (Lipinski definition) is 4. The van der Waals surface area contributed by atoms with Crippen molar-refractivity contribution in [3.8, 4) is 33.6 Å². The number of hydrogen-bond acceptors (Lipinski definition) is 8. The Labute approximate surface area is 357 Å². The molecule has 3 fully saturated rings. The molecule has 0 bridgehead atoms. The van der Waals surface area contributed by atoms with Gasteiger partial charge in [0.1, 0.15) is 17.9 Å². The van der Waals surface area contributed by atoms with E-state index in [-0.39, 0.29) is 41.8 Å². The quantitative estimate of drug-likeness (QED) is 0.121. The summed E-state index contributed by atoms with van der Waals surface area (Å²) in [5.74, 6) is 0.429. The molecule has 8 rings (SSSR count). The molecule has 2 aromatic heterocycles. The Balaban J connectivity index is 0.957. The molecule has 4 amide bonds. The van der Waals surface area contributed by atoms with Crippen molar-refractivity contribution in [2.45, 2.75) is 109 Å². The number of ether oxygens (including phenoxy) is 3. The first kappa shape index (κ1) is 42.1. The van der Waals surface area contributed by atoms with Gasteiger partial charge in [0.2, 0.25) is 11.8 Å². The van der Waals surface area contributed by atoms with Crippen molar-refractivity contribution in [3.63, 3.8) is 0 Å². The van der Waals surface area contributed by atoms with E-state index in [1.54, 1.807) is 0 Å². The van der Waals surface area contributed by atoms with Crippen LogP contribution < -0.4 is 10.6 Å². The van der Waals surface area contributed by atoms with Gasteiger partial charge in [0.15, 0.2) is 0 Å². The zero-order valence-electron chi connectivity index (χ0n) is 35.9. The number of imidazole rings is 1. The minimum atomic E-state index is -0.696. The molecule has 2 aromatic carbocycles. The summed E-state index contributed by atoms with van der Waals surface area (Å²) < 4.78 is 15.5. The van der Waals surface area contributed by atoms with Crippen LogP contribution in [0.5, 0.6) is 0 Å². The third-order valence-corrected chi connectivity index (χ3v) is 13.2. The van der Waals surface area contributed by atoms with E-state index in [0.717, 1.165) is 90.1 Å². The largest absolute Gasteiger partial charge is 0.453 e. The number of alkyl carbamates (subject to hydrolysis) is 2. The maximum atomic E-state index is 14.1. The number of nitrogens with zero attached hydrogens (tertiary/aromatic N) is 3. The number of likely N-dealkylation sites (tertiary alicyclic amines) is 2. The molecule has 3 saturated heterocycles. The van der Waals surface area contributed by atoms with Gasteiger partial charge in [-0.15, -0.1) is 0 Å². The Bertz CT molecular complexity index is 2210. The fourth-order valence-corrected chi connectivity index (χ4v) is 10.1. The topological polar surface area (TPSA) is 171 Å². The number of rotatable bonds is 11. The molecule has 0 spiro atoms. The van der Waals surface area contributed by atoms with Crippen molar-refractivity contribution >= 4 is 24.0 Å². The molecule has 324 valence electrons. The van der Waals surface area contributed by atoms with Crippen LogP contribution in [0.15, 0.2) is 54.7 Å². The van der Waals surface area contributed by atoms with Crippen LogP contribution in [0.25, 0.3) is 33.6 Å². The third kappa shape index (κ3) is 8.64. The summed E-state index contributed by atoms with van der Waals surface area (Å²) in [4.78, 5) is 68.3. The molecule has 3 aliphatic heterocycles. The van der Waals surface area contributed by atoms with E-state index in [0.29, 0.717) is 32.5 Å². The van der Waals surface area contributed by atoms with Crippen LogP contribution in [0, 0.1) is 11.8 Å². The van der Waals surface area contributed by atoms with Crippen LogP contribution >= 0.6 is 0 Å². The van der Waals surface area contributed by atoms with Crippen LogP contribution in [-0.2, 0) is 36.6 Å². The molecule has 1 aliphatic carbocycles. The van der Waals surface area contributed by atoms with Gasteiger partial charge in [0.25, 0.3) is 0 Å². The van der Waals surface area contributed by atoms with Crippen LogP contribution in [0.2, 0.25) is 0 Å². The van der Waals surface area contributed by atoms with Crippen molar-refractivity contribution in [1.29, 1.82) is 0 Å². The second-order valence-electron chi connectivity index (χ2n) is 17.4. The summed E-state index contributed by atoms with van der Waals surface area (Å²) in [6, 6.07) is 15.4. The molecular formula is C47H59N7O7. The van der Waals surface area contributed by atoms with Crippen LogP contribution in [-0.4, -0.2) is 101 Å². The molecule has 4 N–H and O–H groups in total. The number of methoxy groups -OCH3 is 2. The number of amides is 4. The second kappa shape index (κ2) is 18.2. The predicted octanol–water partition coefficient (Wildman–Crippen LogP) is 7.47. The molecule has 6 unspecified atom stereocenters. The lowest BCUT2D eigenvalue weighted by molar-refractivity contribution is -0.137. The van der Waals surface area contributed by atoms with Crippen molar-refractivity contribution in [2.75, 3.05) is 33.9 Å². The van der Waals surface area contributed by atoms with Gasteiger partial charge in [-0.05, 0) is 110 Å². The van der Waals surface area contributed by atoms with Gasteiger partial charge in [-0.2, -0.15) is 0 Å². The summed E-state index contributed by atoms with van der Waals surface area (Å²) in [5.41, 5.74) is 10.1. The first-order valence-corrected chi connectivity index (χ1v) is 22.0. The molecule has 4 aliphatic rings. The number of carbonyl (C=O) groups is 4. The van der Waals surface area contributed by atoms with E-state index >= 15 is 0 Å². The van der Waals surface area contributed by atoms with E-state index in [4.69, 9.17) is 19.2 Å². The molecule has 0 saturated carbocycles. The van der Waals surface area contributed by atoms with E-state index < -0.39 is 24.3 Å². The molecule has 0 radical (unpaired) electrons. The van der Waals surface area contributed by atoms with Crippen molar-refractivity contribution in [2.24, 2.45) is 11.8 Å². The maximum Gasteiger partial charge on any atom is 0.407 e. The van der Waals surface area contributed by atoms with Gasteiger partial charge >= 0.3 is 12.2 Å². The minimum Gasteiger partial charge on any atom is -0.453 e. The zero-order valence-corrected chi connectivity index (χ0v) is 35.9. The first-order chi connectivity index (χ1) is 29.5. The molecule has 4 aromatic rings. The van der Waals surface area contributed by atoms with E-state index in [9.17, 15) is 19.2 Å². The molecule has 14 nitrogen and oxygen atoms in total. The van der Waals surface area contributed by atoms with Crippen LogP contribution in [0.3, 0.4) is 0 Å². The highest BCUT2D eigenvalue weighted by Crippen LogP contribution is 2.43. The SMILES string of the molecule is COC(=O)NC(C(=O)N1CCCC1c1[nH]c(-c2ccc(-c3ccc(-c4cnc(C5CCCN5C(=O)C(NC(=O)OC)C5CCOC(C)C5)[nH]4)cc3)cc2)c2c1CCC2)C(C)C. The van der Waals surface area contributed by atoms with Gasteiger partial charge in [-0.25, -0.2) is 14.6 Å². The normalized spacial score (nSPS) is 22.2. The standard InChI is InChI=1S/C47H59N7O7/c1-27(2)39(51-46(57)59-4)44(55)53-22-7-11-37(53)42-35-10-6-9-34(35)40(50-42)32-19-15-30(16-20-32)29-13-17-31(18-14-29)36-26-48-43(49-36)38-12-8-23-54(38)45(56)41(52-47(58)60-5)33-21-24-61-28(3)25-33/h13-20,26-28,33,37-39,41,50H,6-12,21-25H2,1-5H3,(H,48,49)(H,51,57)(H,52,58). The van der Waals surface area contributed by atoms with Gasteiger partial charge in [-0.3, -0.25) is 9.59 Å². The highest BCUT2D eigenvalue weighted by atomic mass is 16.5. The van der Waals surface area contributed by atoms with Gasteiger partial charge in [0, 0.05) is 31.1 Å². The molecular weight excluding hydrogens is 775 g/mol. The van der Waals surface area contributed by atoms with Crippen LogP contribution in [0.1, 0.15) is 100 Å². The summed E-state index contributed by atoms with van der Waals surface area (Å²) in [7, 11) is 2.63. The van der Waals surface area contributed by atoms with Gasteiger partial charge < -0.3 is 44.6 Å². The average Bonchev–Trinajstić information content (AvgIpc) is 4.13. The molecule has 14 heteroatoms. The summed E-state index contributed by atoms with van der Waals surface area (Å²) in [6.07, 6.45) is 8.49. The van der Waals surface area contributed by atoms with E-state index in [2.05, 4.69) is 69.1 Å². The van der Waals surface area contributed by atoms with Crippen molar-refractivity contribution < 1.29 is 33.4 Å². The average molecular weight is 834 g/mol. The van der Waals surface area contributed by atoms with Crippen LogP contribution in [0.4, 0.5) is 9.59 Å². The van der Waals surface area contributed by atoms with Gasteiger partial charge in [-0.1, -0.05) is 62.4 Å². The lowest BCUT2D eigenvalue weighted by Crippen LogP contribution is -2.53. The fourth-order valence-electron chi connectivity index (χ4n) is 10.1. The number of aromatic amines is 2. The highest BCUT2D eigenvalue weighted by molar-refractivity contribution is 5.87. The Morgan fingerprint density at radius 3 is 2.02 bits per heavy atom. The monoisotopic (exact) mass is 833 g/mol.